The molecule has 53 heavy (non-hydrogen) atoms. The molecule has 1 saturated heterocycles. The Bertz CT molecular complexity index is 2110. The van der Waals surface area contributed by atoms with Crippen LogP contribution in [0.1, 0.15) is 50.6 Å². The number of hydrogen-bond acceptors (Lipinski definition) is 10. The van der Waals surface area contributed by atoms with Crippen LogP contribution in [-0.2, 0) is 25.8 Å². The normalized spacial score (nSPS) is 26.0. The van der Waals surface area contributed by atoms with Gasteiger partial charge in [-0.3, -0.25) is 14.3 Å². The minimum Gasteiger partial charge on any atom is -0.495 e. The van der Waals surface area contributed by atoms with Gasteiger partial charge in [-0.2, -0.15) is 13.2 Å². The SMILES string of the molecule is COc1ccc2c(O[C@H]3C[C@H]4C(=O)N(C)CCCC/C=C\[C@@H]5C[C@@]5(C(=O)NS(=O)(=O)C5CC5)NC(=O)N4C3)cc(-c3nc(C(F)(F)F)cs3)nc2c1Br. The Morgan fingerprint density at radius 1 is 1.17 bits per heavy atom. The van der Waals surface area contributed by atoms with Crippen molar-refractivity contribution in [3.8, 4) is 22.2 Å². The number of rotatable bonds is 7. The Kier molecular flexibility index (Phi) is 9.88. The fourth-order valence-corrected chi connectivity index (χ4v) is 9.52. The van der Waals surface area contributed by atoms with E-state index >= 15 is 0 Å². The lowest BCUT2D eigenvalue weighted by molar-refractivity contribution is -0.140. The van der Waals surface area contributed by atoms with Crippen LogP contribution >= 0.6 is 27.3 Å². The topological polar surface area (TPSA) is 160 Å². The molecule has 2 aromatic heterocycles. The first-order valence-corrected chi connectivity index (χ1v) is 20.3. The van der Waals surface area contributed by atoms with Crippen LogP contribution in [0.2, 0.25) is 0 Å². The lowest BCUT2D eigenvalue weighted by Crippen LogP contribution is -2.57. The van der Waals surface area contributed by atoms with Gasteiger partial charge in [0.15, 0.2) is 5.69 Å². The number of carbonyl (C=O) groups excluding carboxylic acids is 3. The summed E-state index contributed by atoms with van der Waals surface area (Å²) in [6.07, 6.45) is 1.59. The number of aromatic nitrogens is 2. The number of urea groups is 1. The third-order valence-corrected chi connectivity index (χ3v) is 13.4. The molecule has 2 N–H and O–H groups in total. The van der Waals surface area contributed by atoms with Crippen LogP contribution < -0.4 is 19.5 Å². The second-order valence-corrected chi connectivity index (χ2v) is 17.3. The number of benzene rings is 1. The van der Waals surface area contributed by atoms with Crippen LogP contribution in [0, 0.1) is 5.92 Å². The van der Waals surface area contributed by atoms with E-state index < -0.39 is 62.7 Å². The molecule has 0 spiro atoms. The lowest BCUT2D eigenvalue weighted by atomic mass is 10.1. The number of carbonyl (C=O) groups is 3. The molecule has 13 nitrogen and oxygen atoms in total. The quantitative estimate of drug-likeness (QED) is 0.303. The summed E-state index contributed by atoms with van der Waals surface area (Å²) in [5, 5.41) is 3.53. The Morgan fingerprint density at radius 3 is 2.64 bits per heavy atom. The highest BCUT2D eigenvalue weighted by molar-refractivity contribution is 9.10. The molecule has 1 aromatic carbocycles. The average Bonchev–Trinajstić information content (AvgIpc) is 3.98. The maximum atomic E-state index is 14.1. The van der Waals surface area contributed by atoms with Crippen LogP contribution in [0.5, 0.6) is 11.5 Å². The van der Waals surface area contributed by atoms with E-state index in [1.54, 1.807) is 24.1 Å². The second-order valence-electron chi connectivity index (χ2n) is 13.7. The summed E-state index contributed by atoms with van der Waals surface area (Å²) in [6, 6.07) is 3.10. The molecule has 4 aliphatic rings. The van der Waals surface area contributed by atoms with Gasteiger partial charge in [0.2, 0.25) is 15.9 Å². The first-order chi connectivity index (χ1) is 25.1. The summed E-state index contributed by atoms with van der Waals surface area (Å²) in [5.41, 5.74) is -2.15. The van der Waals surface area contributed by atoms with Crippen molar-refractivity contribution < 1.29 is 45.4 Å². The molecule has 0 radical (unpaired) electrons. The highest BCUT2D eigenvalue weighted by atomic mass is 79.9. The minimum absolute atomic E-state index is 0.00132. The number of halogens is 4. The van der Waals surface area contributed by atoms with Crippen LogP contribution in [0.4, 0.5) is 18.0 Å². The molecule has 0 unspecified atom stereocenters. The van der Waals surface area contributed by atoms with Gasteiger partial charge in [-0.25, -0.2) is 23.2 Å². The molecule has 284 valence electrons. The number of nitrogens with one attached hydrogen (secondary N) is 2. The van der Waals surface area contributed by atoms with E-state index in [2.05, 4.69) is 35.9 Å². The molecule has 2 aliphatic heterocycles. The largest absolute Gasteiger partial charge is 0.495 e. The fourth-order valence-electron chi connectivity index (χ4n) is 6.78. The van der Waals surface area contributed by atoms with Crippen molar-refractivity contribution in [2.24, 2.45) is 5.92 Å². The van der Waals surface area contributed by atoms with E-state index in [9.17, 15) is 36.0 Å². The molecular formula is C34H36BrF3N6O7S2. The summed E-state index contributed by atoms with van der Waals surface area (Å²) in [4.78, 5) is 52.8. The highest BCUT2D eigenvalue weighted by Crippen LogP contribution is 2.46. The van der Waals surface area contributed by atoms with Crippen molar-refractivity contribution in [2.75, 3.05) is 27.2 Å². The molecule has 2 saturated carbocycles. The maximum Gasteiger partial charge on any atom is 0.434 e. The smallest absolute Gasteiger partial charge is 0.434 e. The van der Waals surface area contributed by atoms with Crippen LogP contribution in [-0.4, -0.2) is 96.2 Å². The van der Waals surface area contributed by atoms with E-state index in [1.165, 1.54) is 18.1 Å². The average molecular weight is 842 g/mol. The number of sulfonamides is 1. The number of fused-ring (bicyclic) bond motifs is 3. The number of ether oxygens (including phenoxy) is 2. The predicted octanol–water partition coefficient (Wildman–Crippen LogP) is 5.25. The maximum absolute atomic E-state index is 14.1. The van der Waals surface area contributed by atoms with Gasteiger partial charge in [0.25, 0.3) is 5.91 Å². The van der Waals surface area contributed by atoms with Crippen LogP contribution in [0.15, 0.2) is 40.2 Å². The standard InChI is InChI=1S/C34H36BrF3N6O7S2/c1-43-12-6-4-3-5-7-18-15-33(18,31(46)42-53(48,49)20-8-9-20)41-32(47)44-16-19(13-23(44)30(43)45)51-25-14-22(29-40-26(17-52-29)34(36,37)38)39-28-21(25)10-11-24(50-2)27(28)35/h5,7,10-11,14,17-20,23H,3-4,6,8-9,12-13,15-16H2,1-2H3,(H,41,47)(H,42,46)/b7-5-/t18-,19+,23+,33-/m1/s1. The summed E-state index contributed by atoms with van der Waals surface area (Å²) in [7, 11) is -0.792. The lowest BCUT2D eigenvalue weighted by Gasteiger charge is -2.30. The Hall–Kier alpha value is -3.97. The summed E-state index contributed by atoms with van der Waals surface area (Å²) >= 11 is 4.26. The van der Waals surface area contributed by atoms with E-state index in [0.717, 1.165) is 23.1 Å². The van der Waals surface area contributed by atoms with Gasteiger partial charge in [0, 0.05) is 42.8 Å². The number of alkyl halides is 3. The zero-order valence-electron chi connectivity index (χ0n) is 28.6. The molecule has 0 bridgehead atoms. The minimum atomic E-state index is -4.66. The van der Waals surface area contributed by atoms with E-state index in [-0.39, 0.29) is 41.7 Å². The first kappa shape index (κ1) is 37.3. The first-order valence-electron chi connectivity index (χ1n) is 17.0. The number of likely N-dealkylation sites (N-methyl/N-ethyl adjacent to an activating group) is 1. The third kappa shape index (κ3) is 7.43. The zero-order valence-corrected chi connectivity index (χ0v) is 31.8. The summed E-state index contributed by atoms with van der Waals surface area (Å²) in [5.74, 6) is -0.963. The number of pyridine rings is 1. The van der Waals surface area contributed by atoms with Gasteiger partial charge in [-0.15, -0.1) is 11.3 Å². The zero-order chi connectivity index (χ0) is 37.9. The van der Waals surface area contributed by atoms with Crippen molar-refractivity contribution in [3.05, 3.63) is 45.9 Å². The van der Waals surface area contributed by atoms with Gasteiger partial charge in [-0.05, 0) is 66.6 Å². The molecule has 3 fully saturated rings. The molecule has 4 atom stereocenters. The molecule has 2 aliphatic carbocycles. The predicted molar refractivity (Wildman–Crippen MR) is 192 cm³/mol. The van der Waals surface area contributed by atoms with Gasteiger partial charge < -0.3 is 24.6 Å². The monoisotopic (exact) mass is 840 g/mol. The number of amides is 4. The van der Waals surface area contributed by atoms with E-state index in [0.29, 0.717) is 53.4 Å². The van der Waals surface area contributed by atoms with Gasteiger partial charge in [0.1, 0.15) is 39.9 Å². The van der Waals surface area contributed by atoms with Crippen molar-refractivity contribution in [2.45, 2.75) is 74.1 Å². The van der Waals surface area contributed by atoms with Crippen molar-refractivity contribution in [1.29, 1.82) is 0 Å². The summed E-state index contributed by atoms with van der Waals surface area (Å²) < 4.78 is 80.4. The Balaban J connectivity index is 1.21. The van der Waals surface area contributed by atoms with Gasteiger partial charge in [-0.1, -0.05) is 12.2 Å². The number of methoxy groups -OCH3 is 1. The summed E-state index contributed by atoms with van der Waals surface area (Å²) in [6.45, 7) is 0.349. The molecule has 19 heteroatoms. The fraction of sp³-hybridized carbons (Fsp3) is 0.500. The van der Waals surface area contributed by atoms with Crippen LogP contribution in [0.3, 0.4) is 0 Å². The number of nitrogens with zero attached hydrogens (tertiary/aromatic N) is 4. The molecule has 3 aromatic rings. The number of hydrogen-bond donors (Lipinski definition) is 2. The molecule has 7 rings (SSSR count). The second kappa shape index (κ2) is 14.0. The molecular weight excluding hydrogens is 805 g/mol. The number of allylic oxidation sites excluding steroid dienone is 1. The highest BCUT2D eigenvalue weighted by Gasteiger charge is 2.62. The van der Waals surface area contributed by atoms with Gasteiger partial charge >= 0.3 is 12.2 Å². The van der Waals surface area contributed by atoms with Gasteiger partial charge in [0.05, 0.1) is 28.9 Å². The van der Waals surface area contributed by atoms with E-state index in [1.807, 2.05) is 12.2 Å². The molecule has 4 heterocycles. The van der Waals surface area contributed by atoms with Crippen molar-refractivity contribution >= 4 is 66.0 Å². The number of thiazole rings is 1. The Labute approximate surface area is 315 Å². The molecule has 4 amide bonds. The van der Waals surface area contributed by atoms with Crippen molar-refractivity contribution in [1.82, 2.24) is 29.8 Å². The Morgan fingerprint density at radius 2 is 1.94 bits per heavy atom. The third-order valence-electron chi connectivity index (χ3n) is 9.99. The van der Waals surface area contributed by atoms with Crippen molar-refractivity contribution in [3.63, 3.8) is 0 Å². The van der Waals surface area contributed by atoms with E-state index in [4.69, 9.17) is 9.47 Å². The van der Waals surface area contributed by atoms with Crippen LogP contribution in [0.25, 0.3) is 21.6 Å².